The van der Waals surface area contributed by atoms with Crippen LogP contribution in [0.2, 0.25) is 0 Å². The smallest absolute Gasteiger partial charge is 0.131 e. The van der Waals surface area contributed by atoms with Crippen molar-refractivity contribution in [1.82, 2.24) is 5.43 Å². The zero-order valence-corrected chi connectivity index (χ0v) is 9.95. The summed E-state index contributed by atoms with van der Waals surface area (Å²) in [4.78, 5) is 0. The average molecular weight is 248 g/mol. The van der Waals surface area contributed by atoms with Crippen LogP contribution in [0.25, 0.3) is 0 Å². The number of nitrogens with one attached hydrogen (secondary N) is 1. The van der Waals surface area contributed by atoms with Crippen molar-refractivity contribution >= 4 is 0 Å². The number of hydrogen-bond acceptors (Lipinski definition) is 2. The molecule has 3 N–H and O–H groups in total. The topological polar surface area (TPSA) is 38.0 Å². The molecular weight excluding hydrogens is 234 g/mol. The summed E-state index contributed by atoms with van der Waals surface area (Å²) in [5.74, 6) is 4.65. The van der Waals surface area contributed by atoms with Crippen molar-refractivity contribution in [3.63, 3.8) is 0 Å². The molecule has 4 heteroatoms. The highest BCUT2D eigenvalue weighted by atomic mass is 19.1. The third kappa shape index (κ3) is 2.25. The van der Waals surface area contributed by atoms with Crippen LogP contribution >= 0.6 is 0 Å². The lowest BCUT2D eigenvalue weighted by Crippen LogP contribution is -2.30. The van der Waals surface area contributed by atoms with E-state index in [1.54, 1.807) is 43.3 Å². The fourth-order valence-corrected chi connectivity index (χ4v) is 1.95. The maximum Gasteiger partial charge on any atom is 0.131 e. The molecule has 0 saturated heterocycles. The van der Waals surface area contributed by atoms with Crippen LogP contribution in [0.4, 0.5) is 8.78 Å². The van der Waals surface area contributed by atoms with Crippen molar-refractivity contribution in [3.05, 3.63) is 70.8 Å². The third-order valence-corrected chi connectivity index (χ3v) is 2.92. The van der Waals surface area contributed by atoms with E-state index in [0.29, 0.717) is 16.7 Å². The largest absolute Gasteiger partial charge is 0.271 e. The van der Waals surface area contributed by atoms with Gasteiger partial charge >= 0.3 is 0 Å². The minimum atomic E-state index is -0.703. The van der Waals surface area contributed by atoms with Gasteiger partial charge in [-0.3, -0.25) is 5.84 Å². The molecule has 94 valence electrons. The highest BCUT2D eigenvalue weighted by molar-refractivity contribution is 5.35. The van der Waals surface area contributed by atoms with Gasteiger partial charge in [0.05, 0.1) is 6.04 Å². The normalized spacial score (nSPS) is 12.4. The Morgan fingerprint density at radius 2 is 1.67 bits per heavy atom. The second kappa shape index (κ2) is 5.25. The van der Waals surface area contributed by atoms with Crippen LogP contribution in [0.5, 0.6) is 0 Å². The minimum Gasteiger partial charge on any atom is -0.271 e. The van der Waals surface area contributed by atoms with Gasteiger partial charge in [-0.2, -0.15) is 0 Å². The van der Waals surface area contributed by atoms with E-state index in [0.717, 1.165) is 0 Å². The molecular formula is C14H14F2N2. The number of benzene rings is 2. The van der Waals surface area contributed by atoms with Crippen molar-refractivity contribution in [3.8, 4) is 0 Å². The molecule has 0 fully saturated rings. The lowest BCUT2D eigenvalue weighted by Gasteiger charge is -2.18. The van der Waals surface area contributed by atoms with E-state index < -0.39 is 11.9 Å². The molecule has 2 rings (SSSR count). The van der Waals surface area contributed by atoms with Gasteiger partial charge in [0, 0.05) is 11.1 Å². The molecule has 0 amide bonds. The molecule has 0 aliphatic heterocycles. The molecule has 2 aromatic rings. The van der Waals surface area contributed by atoms with Crippen LogP contribution in [-0.4, -0.2) is 0 Å². The fourth-order valence-electron chi connectivity index (χ4n) is 1.95. The number of hydrogen-bond donors (Lipinski definition) is 2. The average Bonchev–Trinajstić information content (AvgIpc) is 2.37. The molecule has 0 aromatic heterocycles. The summed E-state index contributed by atoms with van der Waals surface area (Å²) in [6.07, 6.45) is 0. The maximum absolute atomic E-state index is 14.0. The highest BCUT2D eigenvalue weighted by Crippen LogP contribution is 2.26. The van der Waals surface area contributed by atoms with Gasteiger partial charge in [-0.1, -0.05) is 36.4 Å². The summed E-state index contributed by atoms with van der Waals surface area (Å²) in [5, 5.41) is 0. The summed E-state index contributed by atoms with van der Waals surface area (Å²) >= 11 is 0. The van der Waals surface area contributed by atoms with Crippen LogP contribution < -0.4 is 11.3 Å². The number of nitrogens with two attached hydrogens (primary N) is 1. The Morgan fingerprint density at radius 3 is 2.33 bits per heavy atom. The molecule has 2 aromatic carbocycles. The van der Waals surface area contributed by atoms with Gasteiger partial charge in [-0.15, -0.1) is 0 Å². The van der Waals surface area contributed by atoms with Gasteiger partial charge in [0.2, 0.25) is 0 Å². The van der Waals surface area contributed by atoms with E-state index in [-0.39, 0.29) is 5.82 Å². The number of aryl methyl sites for hydroxylation is 1. The summed E-state index contributed by atoms with van der Waals surface area (Å²) < 4.78 is 27.8. The van der Waals surface area contributed by atoms with Crippen LogP contribution in [0.1, 0.15) is 22.7 Å². The first-order valence-corrected chi connectivity index (χ1v) is 5.60. The monoisotopic (exact) mass is 248 g/mol. The Labute approximate surface area is 104 Å². The van der Waals surface area contributed by atoms with Crippen LogP contribution in [0, 0.1) is 18.6 Å². The van der Waals surface area contributed by atoms with E-state index in [9.17, 15) is 8.78 Å². The van der Waals surface area contributed by atoms with Gasteiger partial charge in [0.25, 0.3) is 0 Å². The Morgan fingerprint density at radius 1 is 1.00 bits per heavy atom. The zero-order chi connectivity index (χ0) is 13.1. The first-order valence-electron chi connectivity index (χ1n) is 5.60. The Bertz CT molecular complexity index is 555. The van der Waals surface area contributed by atoms with Crippen LogP contribution in [0.3, 0.4) is 0 Å². The Hall–Kier alpha value is -1.78. The minimum absolute atomic E-state index is 0.324. The van der Waals surface area contributed by atoms with Crippen molar-refractivity contribution < 1.29 is 8.78 Å². The second-order valence-corrected chi connectivity index (χ2v) is 4.10. The van der Waals surface area contributed by atoms with Crippen LogP contribution in [0.15, 0.2) is 42.5 Å². The molecule has 18 heavy (non-hydrogen) atoms. The first-order chi connectivity index (χ1) is 8.65. The maximum atomic E-state index is 14.0. The van der Waals surface area contributed by atoms with Gasteiger partial charge in [-0.25, -0.2) is 14.2 Å². The number of halogens is 2. The molecule has 0 bridgehead atoms. The van der Waals surface area contributed by atoms with Crippen molar-refractivity contribution in [2.24, 2.45) is 5.84 Å². The molecule has 0 spiro atoms. The van der Waals surface area contributed by atoms with Crippen molar-refractivity contribution in [1.29, 1.82) is 0 Å². The molecule has 1 atom stereocenters. The SMILES string of the molecule is Cc1cccc(C(NN)c2ccccc2F)c1F. The Kier molecular flexibility index (Phi) is 3.69. The van der Waals surface area contributed by atoms with E-state index >= 15 is 0 Å². The summed E-state index contributed by atoms with van der Waals surface area (Å²) in [6.45, 7) is 1.66. The fraction of sp³-hybridized carbons (Fsp3) is 0.143. The quantitative estimate of drug-likeness (QED) is 0.647. The van der Waals surface area contributed by atoms with Crippen molar-refractivity contribution in [2.75, 3.05) is 0 Å². The summed E-state index contributed by atoms with van der Waals surface area (Å²) in [6, 6.07) is 10.5. The summed E-state index contributed by atoms with van der Waals surface area (Å²) in [5.41, 5.74) is 3.63. The van der Waals surface area contributed by atoms with Gasteiger partial charge in [0.15, 0.2) is 0 Å². The third-order valence-electron chi connectivity index (χ3n) is 2.92. The molecule has 0 aliphatic rings. The predicted octanol–water partition coefficient (Wildman–Crippen LogP) is 2.83. The van der Waals surface area contributed by atoms with E-state index in [1.165, 1.54) is 6.07 Å². The number of hydrazine groups is 1. The molecule has 2 nitrogen and oxygen atoms in total. The van der Waals surface area contributed by atoms with Crippen LogP contribution in [-0.2, 0) is 0 Å². The predicted molar refractivity (Wildman–Crippen MR) is 66.7 cm³/mol. The van der Waals surface area contributed by atoms with Gasteiger partial charge in [0.1, 0.15) is 11.6 Å². The number of rotatable bonds is 3. The Balaban J connectivity index is 2.53. The first kappa shape index (κ1) is 12.7. The van der Waals surface area contributed by atoms with Gasteiger partial charge < -0.3 is 0 Å². The molecule has 1 unspecified atom stereocenters. The van der Waals surface area contributed by atoms with E-state index in [1.807, 2.05) is 0 Å². The molecule has 0 saturated carbocycles. The standard InChI is InChI=1S/C14H14F2N2/c1-9-5-4-7-11(13(9)16)14(18-17)10-6-2-3-8-12(10)15/h2-8,14,18H,17H2,1H3. The van der Waals surface area contributed by atoms with E-state index in [4.69, 9.17) is 5.84 Å². The second-order valence-electron chi connectivity index (χ2n) is 4.10. The zero-order valence-electron chi connectivity index (χ0n) is 9.95. The molecule has 0 radical (unpaired) electrons. The van der Waals surface area contributed by atoms with E-state index in [2.05, 4.69) is 5.43 Å². The summed E-state index contributed by atoms with van der Waals surface area (Å²) in [7, 11) is 0. The lowest BCUT2D eigenvalue weighted by molar-refractivity contribution is 0.528. The molecule has 0 heterocycles. The van der Waals surface area contributed by atoms with Crippen molar-refractivity contribution in [2.45, 2.75) is 13.0 Å². The molecule has 0 aliphatic carbocycles. The van der Waals surface area contributed by atoms with Gasteiger partial charge in [-0.05, 0) is 18.6 Å². The lowest BCUT2D eigenvalue weighted by atomic mass is 9.97. The highest BCUT2D eigenvalue weighted by Gasteiger charge is 2.20.